The van der Waals surface area contributed by atoms with Gasteiger partial charge in [0.1, 0.15) is 11.6 Å². The number of aryl methyl sites for hydroxylation is 1. The van der Waals surface area contributed by atoms with E-state index in [1.54, 1.807) is 0 Å². The summed E-state index contributed by atoms with van der Waals surface area (Å²) >= 11 is 5.58. The average Bonchev–Trinajstić information content (AvgIpc) is 3.04. The number of urea groups is 1. The van der Waals surface area contributed by atoms with Crippen LogP contribution in [0.1, 0.15) is 18.1 Å². The Kier molecular flexibility index (Phi) is 3.74. The van der Waals surface area contributed by atoms with Gasteiger partial charge in [-0.25, -0.2) is 9.18 Å². The predicted molar refractivity (Wildman–Crippen MR) is 75.6 cm³/mol. The quantitative estimate of drug-likeness (QED) is 0.914. The van der Waals surface area contributed by atoms with Crippen LogP contribution < -0.4 is 10.6 Å². The molecule has 1 aromatic carbocycles. The Bertz CT molecular complexity index is 687. The Balaban J connectivity index is 1.58. The highest BCUT2D eigenvalue weighted by molar-refractivity contribution is 6.30. The van der Waals surface area contributed by atoms with E-state index in [4.69, 9.17) is 11.6 Å². The van der Waals surface area contributed by atoms with Crippen LogP contribution in [0.5, 0.6) is 0 Å². The molecule has 3 rings (SSSR count). The highest BCUT2D eigenvalue weighted by Crippen LogP contribution is 2.18. The lowest BCUT2D eigenvalue weighted by Crippen LogP contribution is -2.29. The highest BCUT2D eigenvalue weighted by Gasteiger charge is 2.17. The molecular weight excluding hydrogens is 297 g/mol. The highest BCUT2D eigenvalue weighted by atomic mass is 35.5. The van der Waals surface area contributed by atoms with Crippen molar-refractivity contribution in [1.82, 2.24) is 20.1 Å². The summed E-state index contributed by atoms with van der Waals surface area (Å²) in [6.45, 7) is 1.15. The van der Waals surface area contributed by atoms with Gasteiger partial charge >= 0.3 is 6.03 Å². The molecule has 0 saturated heterocycles. The summed E-state index contributed by atoms with van der Waals surface area (Å²) in [6, 6.07) is 3.64. The standard InChI is InChI=1S/C13H13ClFN5O/c14-9-4-3-8(6-10(9)15)17-13(21)16-7-12-19-18-11-2-1-5-20(11)12/h3-4,6H,1-2,5,7H2,(H2,16,17,21). The van der Waals surface area contributed by atoms with Crippen molar-refractivity contribution in [2.75, 3.05) is 5.32 Å². The SMILES string of the molecule is O=C(NCc1nnc2n1CCC2)Nc1ccc(Cl)c(F)c1. The minimum atomic E-state index is -0.579. The Morgan fingerprint density at radius 3 is 3.10 bits per heavy atom. The van der Waals surface area contributed by atoms with E-state index in [9.17, 15) is 9.18 Å². The van der Waals surface area contributed by atoms with Gasteiger partial charge in [0.05, 0.1) is 11.6 Å². The molecule has 1 aromatic heterocycles. The van der Waals surface area contributed by atoms with Crippen LogP contribution in [0.15, 0.2) is 18.2 Å². The molecule has 2 amide bonds. The van der Waals surface area contributed by atoms with E-state index in [0.29, 0.717) is 5.69 Å². The van der Waals surface area contributed by atoms with Crippen LogP contribution in [-0.2, 0) is 19.5 Å². The summed E-state index contributed by atoms with van der Waals surface area (Å²) in [5, 5.41) is 13.3. The van der Waals surface area contributed by atoms with Crippen molar-refractivity contribution in [3.8, 4) is 0 Å². The molecule has 6 nitrogen and oxygen atoms in total. The third kappa shape index (κ3) is 2.97. The normalized spacial score (nSPS) is 13.0. The zero-order chi connectivity index (χ0) is 14.8. The lowest BCUT2D eigenvalue weighted by atomic mass is 10.3. The first-order valence-corrected chi connectivity index (χ1v) is 6.92. The van der Waals surface area contributed by atoms with Crippen LogP contribution in [0.3, 0.4) is 0 Å². The number of hydrogen-bond donors (Lipinski definition) is 2. The number of carbonyl (C=O) groups excluding carboxylic acids is 1. The number of nitrogens with zero attached hydrogens (tertiary/aromatic N) is 3. The van der Waals surface area contributed by atoms with Crippen molar-refractivity contribution in [2.45, 2.75) is 25.9 Å². The van der Waals surface area contributed by atoms with Gasteiger partial charge in [-0.15, -0.1) is 10.2 Å². The molecule has 0 fully saturated rings. The molecule has 0 aliphatic carbocycles. The summed E-state index contributed by atoms with van der Waals surface area (Å²) in [5.74, 6) is 1.09. The van der Waals surface area contributed by atoms with Crippen LogP contribution in [0.4, 0.5) is 14.9 Å². The van der Waals surface area contributed by atoms with Crippen molar-refractivity contribution >= 4 is 23.3 Å². The maximum atomic E-state index is 13.3. The second-order valence-electron chi connectivity index (χ2n) is 4.72. The van der Waals surface area contributed by atoms with Crippen molar-refractivity contribution in [1.29, 1.82) is 0 Å². The van der Waals surface area contributed by atoms with E-state index in [2.05, 4.69) is 20.8 Å². The fourth-order valence-corrected chi connectivity index (χ4v) is 2.37. The first-order chi connectivity index (χ1) is 10.1. The zero-order valence-corrected chi connectivity index (χ0v) is 11.8. The molecule has 2 heterocycles. The minimum absolute atomic E-state index is 0.0139. The van der Waals surface area contributed by atoms with Gasteiger partial charge in [-0.1, -0.05) is 11.6 Å². The van der Waals surface area contributed by atoms with Gasteiger partial charge in [0, 0.05) is 18.7 Å². The fourth-order valence-electron chi connectivity index (χ4n) is 2.25. The number of nitrogens with one attached hydrogen (secondary N) is 2. The van der Waals surface area contributed by atoms with Gasteiger partial charge < -0.3 is 15.2 Å². The van der Waals surface area contributed by atoms with Crippen LogP contribution in [0.25, 0.3) is 0 Å². The molecule has 0 atom stereocenters. The van der Waals surface area contributed by atoms with E-state index in [0.717, 1.165) is 37.1 Å². The lowest BCUT2D eigenvalue weighted by Gasteiger charge is -2.08. The molecule has 1 aliphatic heterocycles. The smallest absolute Gasteiger partial charge is 0.319 e. The Morgan fingerprint density at radius 2 is 2.29 bits per heavy atom. The van der Waals surface area contributed by atoms with Gasteiger partial charge in [0.15, 0.2) is 5.82 Å². The molecule has 110 valence electrons. The van der Waals surface area contributed by atoms with E-state index in [1.807, 2.05) is 4.57 Å². The second kappa shape index (κ2) is 5.69. The first-order valence-electron chi connectivity index (χ1n) is 6.54. The van der Waals surface area contributed by atoms with Crippen LogP contribution >= 0.6 is 11.6 Å². The van der Waals surface area contributed by atoms with Crippen molar-refractivity contribution < 1.29 is 9.18 Å². The molecule has 0 radical (unpaired) electrons. The Labute approximate surface area is 125 Å². The molecule has 1 aliphatic rings. The first kappa shape index (κ1) is 13.8. The molecule has 0 unspecified atom stereocenters. The summed E-state index contributed by atoms with van der Waals surface area (Å²) in [6.07, 6.45) is 1.97. The summed E-state index contributed by atoms with van der Waals surface area (Å²) in [5.41, 5.74) is 0.334. The average molecular weight is 310 g/mol. The van der Waals surface area contributed by atoms with Crippen molar-refractivity contribution in [3.63, 3.8) is 0 Å². The number of benzene rings is 1. The van der Waals surface area contributed by atoms with Crippen LogP contribution in [-0.4, -0.2) is 20.8 Å². The topological polar surface area (TPSA) is 71.8 Å². The third-order valence-corrected chi connectivity index (χ3v) is 3.58. The lowest BCUT2D eigenvalue weighted by molar-refractivity contribution is 0.251. The van der Waals surface area contributed by atoms with Gasteiger partial charge in [-0.3, -0.25) is 0 Å². The molecule has 21 heavy (non-hydrogen) atoms. The Morgan fingerprint density at radius 1 is 1.43 bits per heavy atom. The molecule has 2 N–H and O–H groups in total. The van der Waals surface area contributed by atoms with E-state index in [-0.39, 0.29) is 11.6 Å². The largest absolute Gasteiger partial charge is 0.331 e. The van der Waals surface area contributed by atoms with E-state index >= 15 is 0 Å². The van der Waals surface area contributed by atoms with Crippen molar-refractivity contribution in [3.05, 3.63) is 40.7 Å². The van der Waals surface area contributed by atoms with Gasteiger partial charge in [0.25, 0.3) is 0 Å². The summed E-state index contributed by atoms with van der Waals surface area (Å²) in [4.78, 5) is 11.8. The third-order valence-electron chi connectivity index (χ3n) is 3.27. The zero-order valence-electron chi connectivity index (χ0n) is 11.1. The number of halogens is 2. The van der Waals surface area contributed by atoms with Crippen LogP contribution in [0.2, 0.25) is 5.02 Å². The van der Waals surface area contributed by atoms with Gasteiger partial charge in [-0.2, -0.15) is 0 Å². The molecule has 0 bridgehead atoms. The number of carbonyl (C=O) groups is 1. The number of amides is 2. The molecular formula is C13H13ClFN5O. The maximum absolute atomic E-state index is 13.3. The van der Waals surface area contributed by atoms with Gasteiger partial charge in [-0.05, 0) is 24.6 Å². The van der Waals surface area contributed by atoms with Crippen molar-refractivity contribution in [2.24, 2.45) is 0 Å². The van der Waals surface area contributed by atoms with E-state index < -0.39 is 11.8 Å². The number of rotatable bonds is 3. The molecule has 8 heteroatoms. The number of aromatic nitrogens is 3. The monoisotopic (exact) mass is 309 g/mol. The molecule has 2 aromatic rings. The van der Waals surface area contributed by atoms with Gasteiger partial charge in [0.2, 0.25) is 0 Å². The number of anilines is 1. The predicted octanol–water partition coefficient (Wildman–Crippen LogP) is 2.34. The summed E-state index contributed by atoms with van der Waals surface area (Å²) < 4.78 is 15.3. The molecule has 0 spiro atoms. The summed E-state index contributed by atoms with van der Waals surface area (Å²) in [7, 11) is 0. The maximum Gasteiger partial charge on any atom is 0.319 e. The molecule has 0 saturated carbocycles. The fraction of sp³-hybridized carbons (Fsp3) is 0.308. The number of fused-ring (bicyclic) bond motifs is 1. The van der Waals surface area contributed by atoms with Crippen LogP contribution in [0, 0.1) is 5.82 Å². The van der Waals surface area contributed by atoms with E-state index in [1.165, 1.54) is 12.1 Å². The second-order valence-corrected chi connectivity index (χ2v) is 5.13. The number of hydrogen-bond acceptors (Lipinski definition) is 3. The Hall–Kier alpha value is -2.15. The minimum Gasteiger partial charge on any atom is -0.331 e.